The molecule has 2 fully saturated rings. The van der Waals surface area contributed by atoms with Crippen LogP contribution >= 0.6 is 12.4 Å². The fraction of sp³-hybridized carbons (Fsp3) is 0.875. The van der Waals surface area contributed by atoms with Crippen molar-refractivity contribution >= 4 is 24.2 Å². The molecule has 24 heavy (non-hydrogen) atoms. The molecule has 0 bridgehead atoms. The maximum Gasteiger partial charge on any atom is 0.246 e. The van der Waals surface area contributed by atoms with E-state index in [0.717, 1.165) is 45.7 Å². The van der Waals surface area contributed by atoms with Gasteiger partial charge in [0.05, 0.1) is 0 Å². The molecule has 2 rings (SSSR count). The second-order valence-corrected chi connectivity index (χ2v) is 6.73. The number of amides is 2. The first-order chi connectivity index (χ1) is 11.0. The van der Waals surface area contributed by atoms with E-state index in [2.05, 4.69) is 15.5 Å². The summed E-state index contributed by atoms with van der Waals surface area (Å²) in [4.78, 5) is 28.9. The van der Waals surface area contributed by atoms with Gasteiger partial charge in [-0.3, -0.25) is 14.5 Å². The van der Waals surface area contributed by atoms with Crippen molar-refractivity contribution < 1.29 is 14.3 Å². The predicted octanol–water partition coefficient (Wildman–Crippen LogP) is -0.298. The van der Waals surface area contributed by atoms with Gasteiger partial charge in [0.2, 0.25) is 11.8 Å². The van der Waals surface area contributed by atoms with Crippen molar-refractivity contribution in [1.29, 1.82) is 0 Å². The fourth-order valence-corrected chi connectivity index (χ4v) is 3.34. The van der Waals surface area contributed by atoms with Gasteiger partial charge >= 0.3 is 0 Å². The third kappa shape index (κ3) is 5.58. The van der Waals surface area contributed by atoms with Crippen LogP contribution in [-0.2, 0) is 14.3 Å². The molecule has 2 N–H and O–H groups in total. The monoisotopic (exact) mass is 362 g/mol. The highest BCUT2D eigenvalue weighted by Gasteiger charge is 2.35. The van der Waals surface area contributed by atoms with Gasteiger partial charge < -0.3 is 20.3 Å². The number of carbonyl (C=O) groups excluding carboxylic acids is 2. The minimum absolute atomic E-state index is 0. The van der Waals surface area contributed by atoms with Crippen molar-refractivity contribution in [3.8, 4) is 0 Å². The van der Waals surface area contributed by atoms with E-state index in [9.17, 15) is 9.59 Å². The van der Waals surface area contributed by atoms with Crippen LogP contribution in [0.4, 0.5) is 0 Å². The molecule has 2 atom stereocenters. The summed E-state index contributed by atoms with van der Waals surface area (Å²) in [6.07, 6.45) is 1.02. The zero-order valence-electron chi connectivity index (χ0n) is 14.9. The number of halogens is 1. The minimum Gasteiger partial charge on any atom is -0.375 e. The molecule has 0 aromatic carbocycles. The van der Waals surface area contributed by atoms with Crippen LogP contribution in [0.15, 0.2) is 0 Å². The molecule has 0 saturated carbocycles. The summed E-state index contributed by atoms with van der Waals surface area (Å²) in [5, 5.41) is 6.17. The SMILES string of the molecule is COCC(=O)N[C@H](C(=O)N1CCC(N2CCNCC2)C1)C(C)C.Cl. The molecular formula is C16H31ClN4O3. The highest BCUT2D eigenvalue weighted by Crippen LogP contribution is 2.18. The summed E-state index contributed by atoms with van der Waals surface area (Å²) in [5.41, 5.74) is 0. The first-order valence-electron chi connectivity index (χ1n) is 8.54. The van der Waals surface area contributed by atoms with Crippen LogP contribution in [0.1, 0.15) is 20.3 Å². The summed E-state index contributed by atoms with van der Waals surface area (Å²) >= 11 is 0. The fourth-order valence-electron chi connectivity index (χ4n) is 3.34. The van der Waals surface area contributed by atoms with Gasteiger partial charge in [-0.2, -0.15) is 0 Å². The van der Waals surface area contributed by atoms with Crippen LogP contribution in [0.5, 0.6) is 0 Å². The van der Waals surface area contributed by atoms with Crippen LogP contribution in [0.2, 0.25) is 0 Å². The van der Waals surface area contributed by atoms with Crippen molar-refractivity contribution in [1.82, 2.24) is 20.4 Å². The first kappa shape index (κ1) is 21.2. The summed E-state index contributed by atoms with van der Waals surface area (Å²) < 4.78 is 4.84. The lowest BCUT2D eigenvalue weighted by Gasteiger charge is -2.33. The second kappa shape index (κ2) is 10.2. The minimum atomic E-state index is -0.473. The molecule has 0 aromatic rings. The number of carbonyl (C=O) groups is 2. The molecule has 2 aliphatic heterocycles. The quantitative estimate of drug-likeness (QED) is 0.678. The molecule has 0 aromatic heterocycles. The molecule has 0 spiro atoms. The molecule has 0 aliphatic carbocycles. The van der Waals surface area contributed by atoms with Crippen molar-refractivity contribution in [2.45, 2.75) is 32.4 Å². The van der Waals surface area contributed by atoms with E-state index in [4.69, 9.17) is 4.74 Å². The maximum atomic E-state index is 12.8. The Hall–Kier alpha value is -0.890. The van der Waals surface area contributed by atoms with Gasteiger partial charge in [-0.25, -0.2) is 0 Å². The van der Waals surface area contributed by atoms with Gasteiger partial charge in [0.15, 0.2) is 0 Å². The third-order valence-corrected chi connectivity index (χ3v) is 4.67. The molecular weight excluding hydrogens is 332 g/mol. The molecule has 2 saturated heterocycles. The number of likely N-dealkylation sites (tertiary alicyclic amines) is 1. The number of rotatable bonds is 6. The lowest BCUT2D eigenvalue weighted by Crippen LogP contribution is -2.53. The Bertz CT molecular complexity index is 416. The van der Waals surface area contributed by atoms with E-state index in [1.807, 2.05) is 18.7 Å². The Morgan fingerprint density at radius 3 is 2.50 bits per heavy atom. The summed E-state index contributed by atoms with van der Waals surface area (Å²) in [6.45, 7) is 9.58. The topological polar surface area (TPSA) is 73.9 Å². The predicted molar refractivity (Wildman–Crippen MR) is 95.3 cm³/mol. The zero-order valence-corrected chi connectivity index (χ0v) is 15.7. The highest BCUT2D eigenvalue weighted by molar-refractivity contribution is 5.88. The zero-order chi connectivity index (χ0) is 16.8. The molecule has 7 nitrogen and oxygen atoms in total. The van der Waals surface area contributed by atoms with Crippen molar-refractivity contribution in [3.63, 3.8) is 0 Å². The number of nitrogens with zero attached hydrogens (tertiary/aromatic N) is 2. The summed E-state index contributed by atoms with van der Waals surface area (Å²) in [7, 11) is 1.48. The van der Waals surface area contributed by atoms with Crippen LogP contribution in [0.3, 0.4) is 0 Å². The average Bonchev–Trinajstić information content (AvgIpc) is 3.03. The summed E-state index contributed by atoms with van der Waals surface area (Å²) in [6, 6.07) is -0.0250. The van der Waals surface area contributed by atoms with Crippen LogP contribution in [-0.4, -0.2) is 86.7 Å². The molecule has 8 heteroatoms. The van der Waals surface area contributed by atoms with Crippen LogP contribution in [0.25, 0.3) is 0 Å². The van der Waals surface area contributed by atoms with E-state index >= 15 is 0 Å². The number of hydrogen-bond donors (Lipinski definition) is 2. The Morgan fingerprint density at radius 1 is 1.25 bits per heavy atom. The maximum absolute atomic E-state index is 12.8. The van der Waals surface area contributed by atoms with Crippen molar-refractivity contribution in [2.75, 3.05) is 53.0 Å². The van der Waals surface area contributed by atoms with Crippen molar-refractivity contribution in [2.24, 2.45) is 5.92 Å². The third-order valence-electron chi connectivity index (χ3n) is 4.67. The smallest absolute Gasteiger partial charge is 0.246 e. The molecule has 2 aliphatic rings. The molecule has 2 heterocycles. The van der Waals surface area contributed by atoms with Crippen molar-refractivity contribution in [3.05, 3.63) is 0 Å². The van der Waals surface area contributed by atoms with E-state index < -0.39 is 6.04 Å². The molecule has 1 unspecified atom stereocenters. The van der Waals surface area contributed by atoms with E-state index in [1.54, 1.807) is 0 Å². The number of hydrogen-bond acceptors (Lipinski definition) is 5. The van der Waals surface area contributed by atoms with Gasteiger partial charge in [0.25, 0.3) is 0 Å². The van der Waals surface area contributed by atoms with Gasteiger partial charge in [-0.15, -0.1) is 12.4 Å². The lowest BCUT2D eigenvalue weighted by atomic mass is 10.0. The number of nitrogens with one attached hydrogen (secondary N) is 2. The summed E-state index contributed by atoms with van der Waals surface area (Å²) in [5.74, 6) is -0.152. The van der Waals surface area contributed by atoms with E-state index in [0.29, 0.717) is 6.04 Å². The van der Waals surface area contributed by atoms with Crippen LogP contribution < -0.4 is 10.6 Å². The highest BCUT2D eigenvalue weighted by atomic mass is 35.5. The Labute approximate surface area is 150 Å². The Morgan fingerprint density at radius 2 is 1.92 bits per heavy atom. The van der Waals surface area contributed by atoms with Gasteiger partial charge in [0, 0.05) is 52.4 Å². The Kier molecular flexibility index (Phi) is 8.97. The second-order valence-electron chi connectivity index (χ2n) is 6.73. The van der Waals surface area contributed by atoms with Gasteiger partial charge in [-0.05, 0) is 12.3 Å². The number of piperazine rings is 1. The molecule has 2 amide bonds. The largest absolute Gasteiger partial charge is 0.375 e. The average molecular weight is 363 g/mol. The normalized spacial score (nSPS) is 23.0. The Balaban J connectivity index is 0.00000288. The number of methoxy groups -OCH3 is 1. The standard InChI is InChI=1S/C16H30N4O3.ClH/c1-12(2)15(18-14(21)11-23-3)16(22)20-7-4-13(10-20)19-8-5-17-6-9-19;/h12-13,15,17H,4-11H2,1-3H3,(H,18,21);1H/t13?,15-;/m0./s1. The van der Waals surface area contributed by atoms with E-state index in [-0.39, 0.29) is 36.7 Å². The lowest BCUT2D eigenvalue weighted by molar-refractivity contribution is -0.138. The van der Waals surface area contributed by atoms with Gasteiger partial charge in [-0.1, -0.05) is 13.8 Å². The molecule has 0 radical (unpaired) electrons. The molecule has 140 valence electrons. The van der Waals surface area contributed by atoms with E-state index in [1.165, 1.54) is 7.11 Å². The van der Waals surface area contributed by atoms with Crippen LogP contribution in [0, 0.1) is 5.92 Å². The number of ether oxygens (including phenoxy) is 1. The van der Waals surface area contributed by atoms with Gasteiger partial charge in [0.1, 0.15) is 12.6 Å². The first-order valence-corrected chi connectivity index (χ1v) is 8.54.